The quantitative estimate of drug-likeness (QED) is 0.318. The van der Waals surface area contributed by atoms with Gasteiger partial charge in [0.2, 0.25) is 0 Å². The highest BCUT2D eigenvalue weighted by atomic mass is 32.1. The third-order valence-corrected chi connectivity index (χ3v) is 5.58. The molecule has 4 aromatic rings. The van der Waals surface area contributed by atoms with E-state index in [0.717, 1.165) is 26.8 Å². The van der Waals surface area contributed by atoms with E-state index in [0.29, 0.717) is 5.69 Å². The van der Waals surface area contributed by atoms with Gasteiger partial charge < -0.3 is 0 Å². The molecule has 4 rings (SSSR count). The standard InChI is InChI=1S/C23H18F2N4S/c1-14(21-18(24)6-5-7-19(21)25)28-29-17-11-9-16(10-12-17)22-15(2)30-23(27-22)20-8-3-4-13-26-20/h3-14H,1-2H3. The first-order valence-electron chi connectivity index (χ1n) is 9.37. The molecular weight excluding hydrogens is 402 g/mol. The van der Waals surface area contributed by atoms with E-state index in [1.807, 2.05) is 49.4 Å². The summed E-state index contributed by atoms with van der Waals surface area (Å²) in [5.74, 6) is -1.25. The van der Waals surface area contributed by atoms with Crippen LogP contribution in [0.15, 0.2) is 77.1 Å². The number of thiazole rings is 1. The molecule has 0 fully saturated rings. The van der Waals surface area contributed by atoms with Crippen molar-refractivity contribution in [2.24, 2.45) is 10.2 Å². The summed E-state index contributed by atoms with van der Waals surface area (Å²) >= 11 is 1.59. The van der Waals surface area contributed by atoms with E-state index in [4.69, 9.17) is 4.98 Å². The first-order valence-corrected chi connectivity index (χ1v) is 10.2. The molecule has 1 unspecified atom stereocenters. The van der Waals surface area contributed by atoms with Crippen LogP contribution in [0.3, 0.4) is 0 Å². The lowest BCUT2D eigenvalue weighted by atomic mass is 10.1. The third-order valence-electron chi connectivity index (χ3n) is 4.59. The smallest absolute Gasteiger partial charge is 0.142 e. The minimum atomic E-state index is -0.729. The third kappa shape index (κ3) is 4.16. The first-order chi connectivity index (χ1) is 14.5. The molecule has 0 spiro atoms. The minimum Gasteiger partial charge on any atom is -0.254 e. The summed E-state index contributed by atoms with van der Waals surface area (Å²) in [6, 6.07) is 16.2. The van der Waals surface area contributed by atoms with Crippen molar-refractivity contribution in [1.82, 2.24) is 9.97 Å². The zero-order valence-electron chi connectivity index (χ0n) is 16.4. The number of hydrogen-bond acceptors (Lipinski definition) is 5. The highest BCUT2D eigenvalue weighted by Gasteiger charge is 2.15. The molecule has 0 aliphatic carbocycles. The van der Waals surface area contributed by atoms with E-state index >= 15 is 0 Å². The number of nitrogens with zero attached hydrogens (tertiary/aromatic N) is 4. The molecule has 2 heterocycles. The zero-order chi connectivity index (χ0) is 21.1. The fourth-order valence-corrected chi connectivity index (χ4v) is 3.98. The molecule has 2 aromatic carbocycles. The second-order valence-electron chi connectivity index (χ2n) is 6.71. The number of benzene rings is 2. The molecule has 1 atom stereocenters. The SMILES string of the molecule is Cc1sc(-c2ccccn2)nc1-c1ccc(N=NC(C)c2c(F)cccc2F)cc1. The normalized spacial score (nSPS) is 12.4. The van der Waals surface area contributed by atoms with Gasteiger partial charge in [-0.3, -0.25) is 4.98 Å². The Morgan fingerprint density at radius 2 is 1.67 bits per heavy atom. The van der Waals surface area contributed by atoms with E-state index in [2.05, 4.69) is 15.2 Å². The van der Waals surface area contributed by atoms with Crippen LogP contribution in [-0.4, -0.2) is 9.97 Å². The maximum Gasteiger partial charge on any atom is 0.142 e. The Bertz CT molecular complexity index is 1170. The molecule has 0 bridgehead atoms. The van der Waals surface area contributed by atoms with E-state index in [1.54, 1.807) is 24.5 Å². The van der Waals surface area contributed by atoms with Crippen LogP contribution in [0.5, 0.6) is 0 Å². The Balaban J connectivity index is 1.54. The monoisotopic (exact) mass is 420 g/mol. The van der Waals surface area contributed by atoms with Crippen molar-refractivity contribution in [3.63, 3.8) is 0 Å². The van der Waals surface area contributed by atoms with Crippen LogP contribution in [0.4, 0.5) is 14.5 Å². The first kappa shape index (κ1) is 20.0. The molecule has 0 aliphatic heterocycles. The maximum absolute atomic E-state index is 13.9. The van der Waals surface area contributed by atoms with E-state index < -0.39 is 17.7 Å². The van der Waals surface area contributed by atoms with Crippen molar-refractivity contribution in [3.8, 4) is 22.0 Å². The fraction of sp³-hybridized carbons (Fsp3) is 0.130. The van der Waals surface area contributed by atoms with Gasteiger partial charge in [0.25, 0.3) is 0 Å². The highest BCUT2D eigenvalue weighted by Crippen LogP contribution is 2.33. The van der Waals surface area contributed by atoms with Gasteiger partial charge in [-0.05, 0) is 50.2 Å². The largest absolute Gasteiger partial charge is 0.254 e. The topological polar surface area (TPSA) is 50.5 Å². The van der Waals surface area contributed by atoms with Gasteiger partial charge >= 0.3 is 0 Å². The summed E-state index contributed by atoms with van der Waals surface area (Å²) in [5, 5.41) is 9.08. The second kappa shape index (κ2) is 8.59. The molecule has 0 amide bonds. The molecule has 0 radical (unpaired) electrons. The Morgan fingerprint density at radius 1 is 0.933 bits per heavy atom. The van der Waals surface area contributed by atoms with Crippen molar-refractivity contribution in [2.75, 3.05) is 0 Å². The van der Waals surface area contributed by atoms with Crippen molar-refractivity contribution >= 4 is 17.0 Å². The van der Waals surface area contributed by atoms with Crippen LogP contribution < -0.4 is 0 Å². The molecule has 0 aliphatic rings. The molecule has 0 saturated heterocycles. The van der Waals surface area contributed by atoms with Crippen molar-refractivity contribution in [3.05, 3.63) is 88.9 Å². The summed E-state index contributed by atoms with van der Waals surface area (Å²) in [5.41, 5.74) is 3.21. The van der Waals surface area contributed by atoms with Gasteiger partial charge in [-0.2, -0.15) is 10.2 Å². The zero-order valence-corrected chi connectivity index (χ0v) is 17.2. The molecule has 0 N–H and O–H groups in total. The molecule has 4 nitrogen and oxygen atoms in total. The van der Waals surface area contributed by atoms with Gasteiger partial charge in [0.05, 0.1) is 23.1 Å². The van der Waals surface area contributed by atoms with Crippen LogP contribution >= 0.6 is 11.3 Å². The molecule has 30 heavy (non-hydrogen) atoms. The summed E-state index contributed by atoms with van der Waals surface area (Å²) < 4.78 is 27.8. The van der Waals surface area contributed by atoms with Crippen LogP contribution in [0.2, 0.25) is 0 Å². The lowest BCUT2D eigenvalue weighted by Crippen LogP contribution is -1.98. The van der Waals surface area contributed by atoms with E-state index in [-0.39, 0.29) is 5.56 Å². The lowest BCUT2D eigenvalue weighted by Gasteiger charge is -2.08. The Kier molecular flexibility index (Phi) is 5.72. The van der Waals surface area contributed by atoms with Gasteiger partial charge in [-0.25, -0.2) is 13.8 Å². The molecule has 2 aromatic heterocycles. The molecule has 7 heteroatoms. The van der Waals surface area contributed by atoms with Crippen molar-refractivity contribution < 1.29 is 8.78 Å². The number of hydrogen-bond donors (Lipinski definition) is 0. The number of pyridine rings is 1. The number of aryl methyl sites for hydroxylation is 1. The Hall–Kier alpha value is -3.32. The molecular formula is C23H18F2N4S. The average Bonchev–Trinajstić information content (AvgIpc) is 3.15. The van der Waals surface area contributed by atoms with Crippen molar-refractivity contribution in [1.29, 1.82) is 0 Å². The van der Waals surface area contributed by atoms with Gasteiger partial charge in [-0.1, -0.05) is 24.3 Å². The van der Waals surface area contributed by atoms with Crippen LogP contribution in [0.1, 0.15) is 23.4 Å². The Labute approximate surface area is 177 Å². The lowest BCUT2D eigenvalue weighted by molar-refractivity contribution is 0.532. The Morgan fingerprint density at radius 3 is 2.33 bits per heavy atom. The second-order valence-corrected chi connectivity index (χ2v) is 7.92. The average molecular weight is 420 g/mol. The predicted molar refractivity (Wildman–Crippen MR) is 115 cm³/mol. The van der Waals surface area contributed by atoms with Gasteiger partial charge in [-0.15, -0.1) is 11.3 Å². The predicted octanol–water partition coefficient (Wildman–Crippen LogP) is 7.30. The molecule has 0 saturated carbocycles. The van der Waals surface area contributed by atoms with Crippen molar-refractivity contribution in [2.45, 2.75) is 19.9 Å². The van der Waals surface area contributed by atoms with Crippen LogP contribution in [-0.2, 0) is 0 Å². The fourth-order valence-electron chi connectivity index (χ4n) is 3.07. The van der Waals surface area contributed by atoms with E-state index in [9.17, 15) is 8.78 Å². The van der Waals surface area contributed by atoms with Crippen LogP contribution in [0, 0.1) is 18.6 Å². The highest BCUT2D eigenvalue weighted by molar-refractivity contribution is 7.15. The summed E-state index contributed by atoms with van der Waals surface area (Å²) in [7, 11) is 0. The summed E-state index contributed by atoms with van der Waals surface area (Å²) in [4.78, 5) is 10.2. The van der Waals surface area contributed by atoms with Gasteiger partial charge in [0.1, 0.15) is 16.6 Å². The molecule has 150 valence electrons. The number of rotatable bonds is 5. The maximum atomic E-state index is 13.9. The van der Waals surface area contributed by atoms with Gasteiger partial charge in [0, 0.05) is 22.2 Å². The van der Waals surface area contributed by atoms with Crippen LogP contribution in [0.25, 0.3) is 22.0 Å². The van der Waals surface area contributed by atoms with E-state index in [1.165, 1.54) is 18.2 Å². The number of halogens is 2. The minimum absolute atomic E-state index is 0.0852. The summed E-state index contributed by atoms with van der Waals surface area (Å²) in [6.45, 7) is 3.63. The number of aromatic nitrogens is 2. The van der Waals surface area contributed by atoms with Gasteiger partial charge in [0.15, 0.2) is 0 Å². The summed E-state index contributed by atoms with van der Waals surface area (Å²) in [6.07, 6.45) is 1.75. The number of azo groups is 1.